The summed E-state index contributed by atoms with van der Waals surface area (Å²) in [5, 5.41) is 4.79. The number of aryl methyl sites for hydroxylation is 1. The first-order valence-corrected chi connectivity index (χ1v) is 8.24. The molecule has 20 heavy (non-hydrogen) atoms. The Hall–Kier alpha value is -0.570. The summed E-state index contributed by atoms with van der Waals surface area (Å²) >= 11 is 6.08. The fourth-order valence-electron chi connectivity index (χ4n) is 4.06. The van der Waals surface area contributed by atoms with Gasteiger partial charge in [-0.1, -0.05) is 17.7 Å². The van der Waals surface area contributed by atoms with E-state index in [9.17, 15) is 0 Å². The van der Waals surface area contributed by atoms with Crippen molar-refractivity contribution in [3.05, 3.63) is 34.3 Å². The van der Waals surface area contributed by atoms with E-state index in [1.807, 2.05) is 6.07 Å². The van der Waals surface area contributed by atoms with Gasteiger partial charge >= 0.3 is 0 Å². The number of rotatable bonds is 2. The third kappa shape index (κ3) is 2.38. The van der Waals surface area contributed by atoms with Gasteiger partial charge in [-0.25, -0.2) is 0 Å². The zero-order valence-electron chi connectivity index (χ0n) is 11.8. The van der Waals surface area contributed by atoms with Crippen LogP contribution in [0.5, 0.6) is 0 Å². The van der Waals surface area contributed by atoms with E-state index in [4.69, 9.17) is 16.3 Å². The monoisotopic (exact) mass is 291 g/mol. The maximum atomic E-state index is 6.08. The molecule has 1 saturated heterocycles. The molecular formula is C17H22ClNO. The number of benzene rings is 1. The van der Waals surface area contributed by atoms with E-state index in [-0.39, 0.29) is 0 Å². The Kier molecular flexibility index (Phi) is 3.29. The summed E-state index contributed by atoms with van der Waals surface area (Å²) in [5.41, 5.74) is 3.52. The van der Waals surface area contributed by atoms with E-state index in [1.54, 1.807) is 0 Å². The Morgan fingerprint density at radius 3 is 2.90 bits per heavy atom. The molecule has 1 spiro atoms. The first kappa shape index (κ1) is 13.1. The van der Waals surface area contributed by atoms with Gasteiger partial charge < -0.3 is 10.1 Å². The predicted molar refractivity (Wildman–Crippen MR) is 81.3 cm³/mol. The van der Waals surface area contributed by atoms with Gasteiger partial charge in [0.05, 0.1) is 0 Å². The number of hydrogen-bond donors (Lipinski definition) is 1. The van der Waals surface area contributed by atoms with Crippen LogP contribution in [0.25, 0.3) is 0 Å². The molecule has 2 fully saturated rings. The van der Waals surface area contributed by atoms with Gasteiger partial charge in [-0.3, -0.25) is 0 Å². The fraction of sp³-hybridized carbons (Fsp3) is 0.647. The highest BCUT2D eigenvalue weighted by molar-refractivity contribution is 6.30. The number of fused-ring (bicyclic) bond motifs is 1. The standard InChI is InChI=1S/C17H22ClNO/c18-14-3-1-13-10-15(4-2-12(13)9-14)19-16-11-17(16)5-7-20-8-6-17/h1,3,9,15-16,19H,2,4-8,10-11H2. The number of nitrogens with one attached hydrogen (secondary N) is 1. The molecule has 0 amide bonds. The number of ether oxygens (including phenoxy) is 1. The fourth-order valence-corrected chi connectivity index (χ4v) is 4.26. The van der Waals surface area contributed by atoms with Gasteiger partial charge in [-0.15, -0.1) is 0 Å². The molecule has 1 aliphatic heterocycles. The van der Waals surface area contributed by atoms with E-state index in [2.05, 4.69) is 17.4 Å². The predicted octanol–water partition coefficient (Wildman–Crippen LogP) is 3.36. The summed E-state index contributed by atoms with van der Waals surface area (Å²) in [5.74, 6) is 0. The summed E-state index contributed by atoms with van der Waals surface area (Å²) in [7, 11) is 0. The van der Waals surface area contributed by atoms with Crippen molar-refractivity contribution >= 4 is 11.6 Å². The molecule has 2 aliphatic carbocycles. The van der Waals surface area contributed by atoms with Gasteiger partial charge in [-0.05, 0) is 67.2 Å². The Morgan fingerprint density at radius 1 is 1.20 bits per heavy atom. The molecule has 0 aromatic heterocycles. The van der Waals surface area contributed by atoms with Gasteiger partial charge in [0.2, 0.25) is 0 Å². The van der Waals surface area contributed by atoms with E-state index in [1.165, 1.54) is 36.8 Å². The van der Waals surface area contributed by atoms with Crippen molar-refractivity contribution < 1.29 is 4.74 Å². The van der Waals surface area contributed by atoms with Crippen molar-refractivity contribution in [2.45, 2.75) is 50.6 Å². The van der Waals surface area contributed by atoms with Gasteiger partial charge in [0.15, 0.2) is 0 Å². The van der Waals surface area contributed by atoms with Crippen molar-refractivity contribution in [1.82, 2.24) is 5.32 Å². The molecule has 3 aliphatic rings. The summed E-state index contributed by atoms with van der Waals surface area (Å²) in [6, 6.07) is 7.77. The van der Waals surface area contributed by atoms with Crippen LogP contribution in [0.1, 0.15) is 36.8 Å². The highest BCUT2D eigenvalue weighted by Crippen LogP contribution is 2.53. The Bertz CT molecular complexity index is 510. The normalized spacial score (nSPS) is 31.1. The van der Waals surface area contributed by atoms with Crippen molar-refractivity contribution in [1.29, 1.82) is 0 Å². The van der Waals surface area contributed by atoms with Crippen LogP contribution in [0.2, 0.25) is 5.02 Å². The lowest BCUT2D eigenvalue weighted by Gasteiger charge is -2.28. The van der Waals surface area contributed by atoms with Crippen LogP contribution < -0.4 is 5.32 Å². The lowest BCUT2D eigenvalue weighted by Crippen LogP contribution is -2.39. The number of halogens is 1. The maximum Gasteiger partial charge on any atom is 0.0471 e. The van der Waals surface area contributed by atoms with Gasteiger partial charge in [0.25, 0.3) is 0 Å². The highest BCUT2D eigenvalue weighted by atomic mass is 35.5. The molecule has 4 rings (SSSR count). The van der Waals surface area contributed by atoms with Crippen molar-refractivity contribution in [3.8, 4) is 0 Å². The highest BCUT2D eigenvalue weighted by Gasteiger charge is 2.54. The first-order valence-electron chi connectivity index (χ1n) is 7.86. The second kappa shape index (κ2) is 5.01. The van der Waals surface area contributed by atoms with Crippen LogP contribution in [0.3, 0.4) is 0 Å². The van der Waals surface area contributed by atoms with Crippen LogP contribution >= 0.6 is 11.6 Å². The smallest absolute Gasteiger partial charge is 0.0471 e. The summed E-state index contributed by atoms with van der Waals surface area (Å²) in [6.45, 7) is 1.92. The van der Waals surface area contributed by atoms with Crippen LogP contribution in [0, 0.1) is 5.41 Å². The summed E-state index contributed by atoms with van der Waals surface area (Å²) in [4.78, 5) is 0. The minimum atomic E-state index is 0.582. The molecule has 3 heteroatoms. The average Bonchev–Trinajstić information content (AvgIpc) is 3.11. The van der Waals surface area contributed by atoms with Crippen molar-refractivity contribution in [3.63, 3.8) is 0 Å². The molecule has 1 heterocycles. The second-order valence-corrected chi connectivity index (χ2v) is 7.19. The zero-order valence-corrected chi connectivity index (χ0v) is 12.6. The largest absolute Gasteiger partial charge is 0.381 e. The SMILES string of the molecule is Clc1ccc2c(c1)CCC(NC1CC13CCOCC3)C2. The molecule has 2 unspecified atom stereocenters. The molecule has 2 atom stereocenters. The molecule has 1 aromatic rings. The summed E-state index contributed by atoms with van der Waals surface area (Å²) < 4.78 is 5.50. The van der Waals surface area contributed by atoms with Crippen LogP contribution in [0.15, 0.2) is 18.2 Å². The quantitative estimate of drug-likeness (QED) is 0.902. The number of hydrogen-bond acceptors (Lipinski definition) is 2. The molecule has 1 N–H and O–H groups in total. The molecule has 2 nitrogen and oxygen atoms in total. The minimum Gasteiger partial charge on any atom is -0.381 e. The van der Waals surface area contributed by atoms with Gasteiger partial charge in [0, 0.05) is 30.3 Å². The first-order chi connectivity index (χ1) is 9.75. The maximum absolute atomic E-state index is 6.08. The van der Waals surface area contributed by atoms with Crippen molar-refractivity contribution in [2.75, 3.05) is 13.2 Å². The van der Waals surface area contributed by atoms with E-state index >= 15 is 0 Å². The Labute approximate surface area is 125 Å². The molecule has 0 radical (unpaired) electrons. The van der Waals surface area contributed by atoms with Crippen LogP contribution in [0.4, 0.5) is 0 Å². The molecule has 1 saturated carbocycles. The van der Waals surface area contributed by atoms with Crippen LogP contribution in [-0.4, -0.2) is 25.3 Å². The second-order valence-electron chi connectivity index (χ2n) is 6.75. The zero-order chi connectivity index (χ0) is 13.6. The molecular weight excluding hydrogens is 270 g/mol. The van der Waals surface area contributed by atoms with Crippen LogP contribution in [-0.2, 0) is 17.6 Å². The topological polar surface area (TPSA) is 21.3 Å². The third-order valence-electron chi connectivity index (χ3n) is 5.51. The average molecular weight is 292 g/mol. The van der Waals surface area contributed by atoms with E-state index in [0.717, 1.165) is 37.1 Å². The third-order valence-corrected chi connectivity index (χ3v) is 5.75. The lowest BCUT2D eigenvalue weighted by molar-refractivity contribution is 0.0536. The molecule has 1 aromatic carbocycles. The van der Waals surface area contributed by atoms with Gasteiger partial charge in [-0.2, -0.15) is 0 Å². The molecule has 108 valence electrons. The van der Waals surface area contributed by atoms with E-state index in [0.29, 0.717) is 11.5 Å². The Balaban J connectivity index is 1.39. The Morgan fingerprint density at radius 2 is 2.05 bits per heavy atom. The summed E-state index contributed by atoms with van der Waals surface area (Å²) in [6.07, 6.45) is 7.44. The van der Waals surface area contributed by atoms with Gasteiger partial charge in [0.1, 0.15) is 0 Å². The molecule has 0 bridgehead atoms. The van der Waals surface area contributed by atoms with Crippen molar-refractivity contribution in [2.24, 2.45) is 5.41 Å². The minimum absolute atomic E-state index is 0.582. The van der Waals surface area contributed by atoms with E-state index < -0.39 is 0 Å². The lowest BCUT2D eigenvalue weighted by atomic mass is 9.88.